The van der Waals surface area contributed by atoms with E-state index in [4.69, 9.17) is 9.47 Å². The van der Waals surface area contributed by atoms with Gasteiger partial charge in [0.15, 0.2) is 0 Å². The van der Waals surface area contributed by atoms with Gasteiger partial charge in [-0.3, -0.25) is 4.79 Å². The molecule has 0 heterocycles. The molecule has 4 heteroatoms. The van der Waals surface area contributed by atoms with Gasteiger partial charge < -0.3 is 14.8 Å². The molecule has 0 saturated carbocycles. The van der Waals surface area contributed by atoms with Crippen molar-refractivity contribution in [3.05, 3.63) is 0 Å². The Morgan fingerprint density at radius 1 is 1.18 bits per heavy atom. The smallest absolute Gasteiger partial charge is 0.323 e. The molecular weight excluding hydrogens is 218 g/mol. The predicted octanol–water partition coefficient (Wildman–Crippen LogP) is 2.12. The zero-order valence-corrected chi connectivity index (χ0v) is 11.5. The second-order valence-corrected chi connectivity index (χ2v) is 4.01. The van der Waals surface area contributed by atoms with Crippen molar-refractivity contribution in [1.82, 2.24) is 5.32 Å². The van der Waals surface area contributed by atoms with Crippen molar-refractivity contribution in [2.45, 2.75) is 52.5 Å². The van der Waals surface area contributed by atoms with Crippen LogP contribution in [0.1, 0.15) is 46.5 Å². The summed E-state index contributed by atoms with van der Waals surface area (Å²) in [6, 6.07) is -0.185. The molecule has 0 spiro atoms. The molecule has 0 aliphatic heterocycles. The molecule has 102 valence electrons. The highest BCUT2D eigenvalue weighted by molar-refractivity contribution is 5.75. The largest absolute Gasteiger partial charge is 0.465 e. The topological polar surface area (TPSA) is 47.6 Å². The van der Waals surface area contributed by atoms with Crippen LogP contribution in [-0.2, 0) is 14.3 Å². The van der Waals surface area contributed by atoms with Crippen LogP contribution in [0.4, 0.5) is 0 Å². The van der Waals surface area contributed by atoms with Gasteiger partial charge in [-0.15, -0.1) is 0 Å². The molecule has 0 rings (SSSR count). The lowest BCUT2D eigenvalue weighted by Gasteiger charge is -2.16. The van der Waals surface area contributed by atoms with Gasteiger partial charge in [0.05, 0.1) is 13.2 Å². The van der Waals surface area contributed by atoms with Gasteiger partial charge in [-0.1, -0.05) is 26.7 Å². The predicted molar refractivity (Wildman–Crippen MR) is 69.1 cm³/mol. The zero-order chi connectivity index (χ0) is 12.9. The maximum atomic E-state index is 11.6. The van der Waals surface area contributed by atoms with Gasteiger partial charge in [-0.05, 0) is 19.8 Å². The maximum absolute atomic E-state index is 11.6. The first kappa shape index (κ1) is 16.4. The molecule has 0 amide bonds. The van der Waals surface area contributed by atoms with Crippen LogP contribution in [0, 0.1) is 0 Å². The summed E-state index contributed by atoms with van der Waals surface area (Å²) < 4.78 is 10.4. The fourth-order valence-electron chi connectivity index (χ4n) is 1.49. The fourth-order valence-corrected chi connectivity index (χ4v) is 1.49. The van der Waals surface area contributed by atoms with Crippen molar-refractivity contribution in [2.24, 2.45) is 0 Å². The Hall–Kier alpha value is -0.610. The molecule has 17 heavy (non-hydrogen) atoms. The summed E-state index contributed by atoms with van der Waals surface area (Å²) in [5.74, 6) is -0.150. The lowest BCUT2D eigenvalue weighted by molar-refractivity contribution is -0.145. The van der Waals surface area contributed by atoms with Gasteiger partial charge in [0.1, 0.15) is 6.04 Å². The molecule has 0 fully saturated rings. The molecule has 0 aromatic carbocycles. The SMILES string of the molecule is CCCCOCCNC(CCC)C(=O)OCC. The first-order chi connectivity index (χ1) is 8.26. The van der Waals surface area contributed by atoms with E-state index in [1.54, 1.807) is 0 Å². The number of hydrogen-bond acceptors (Lipinski definition) is 4. The molecule has 0 radical (unpaired) electrons. The maximum Gasteiger partial charge on any atom is 0.323 e. The van der Waals surface area contributed by atoms with Crippen LogP contribution in [0.15, 0.2) is 0 Å². The summed E-state index contributed by atoms with van der Waals surface area (Å²) in [6.45, 7) is 8.62. The molecule has 0 saturated heterocycles. The third kappa shape index (κ3) is 9.12. The summed E-state index contributed by atoms with van der Waals surface area (Å²) in [4.78, 5) is 11.6. The molecule has 0 bridgehead atoms. The van der Waals surface area contributed by atoms with Crippen molar-refractivity contribution in [3.8, 4) is 0 Å². The van der Waals surface area contributed by atoms with E-state index in [2.05, 4.69) is 19.2 Å². The van der Waals surface area contributed by atoms with Crippen LogP contribution < -0.4 is 5.32 Å². The van der Waals surface area contributed by atoms with Crippen molar-refractivity contribution >= 4 is 5.97 Å². The minimum absolute atomic E-state index is 0.150. The van der Waals surface area contributed by atoms with Gasteiger partial charge in [-0.25, -0.2) is 0 Å². The Morgan fingerprint density at radius 3 is 2.53 bits per heavy atom. The molecule has 0 aliphatic carbocycles. The van der Waals surface area contributed by atoms with E-state index < -0.39 is 0 Å². The Balaban J connectivity index is 3.65. The molecule has 1 unspecified atom stereocenters. The molecule has 1 atom stereocenters. The van der Waals surface area contributed by atoms with Crippen LogP contribution in [0.25, 0.3) is 0 Å². The number of unbranched alkanes of at least 4 members (excludes halogenated alkanes) is 1. The van der Waals surface area contributed by atoms with E-state index in [-0.39, 0.29) is 12.0 Å². The van der Waals surface area contributed by atoms with E-state index in [1.165, 1.54) is 0 Å². The number of carbonyl (C=O) groups is 1. The fraction of sp³-hybridized carbons (Fsp3) is 0.923. The first-order valence-corrected chi connectivity index (χ1v) is 6.73. The van der Waals surface area contributed by atoms with Crippen molar-refractivity contribution in [2.75, 3.05) is 26.4 Å². The van der Waals surface area contributed by atoms with Crippen LogP contribution in [0.2, 0.25) is 0 Å². The average Bonchev–Trinajstić information content (AvgIpc) is 2.32. The van der Waals surface area contributed by atoms with Crippen molar-refractivity contribution in [3.63, 3.8) is 0 Å². The van der Waals surface area contributed by atoms with Gasteiger partial charge in [0.2, 0.25) is 0 Å². The van der Waals surface area contributed by atoms with Gasteiger partial charge in [0, 0.05) is 13.2 Å². The average molecular weight is 245 g/mol. The first-order valence-electron chi connectivity index (χ1n) is 6.73. The lowest BCUT2D eigenvalue weighted by Crippen LogP contribution is -2.39. The summed E-state index contributed by atoms with van der Waals surface area (Å²) in [5, 5.41) is 3.18. The molecule has 1 N–H and O–H groups in total. The van der Waals surface area contributed by atoms with Gasteiger partial charge in [-0.2, -0.15) is 0 Å². The molecule has 0 aromatic rings. The van der Waals surface area contributed by atoms with Crippen LogP contribution in [0.5, 0.6) is 0 Å². The summed E-state index contributed by atoms with van der Waals surface area (Å²) in [6.07, 6.45) is 4.02. The number of rotatable bonds is 11. The normalized spacial score (nSPS) is 12.4. The van der Waals surface area contributed by atoms with Crippen molar-refractivity contribution in [1.29, 1.82) is 0 Å². The van der Waals surface area contributed by atoms with E-state index in [1.807, 2.05) is 6.92 Å². The summed E-state index contributed by atoms with van der Waals surface area (Å²) >= 11 is 0. The summed E-state index contributed by atoms with van der Waals surface area (Å²) in [7, 11) is 0. The number of nitrogens with one attached hydrogen (secondary N) is 1. The Morgan fingerprint density at radius 2 is 1.94 bits per heavy atom. The Kier molecular flexibility index (Phi) is 11.4. The second kappa shape index (κ2) is 11.9. The molecule has 0 aliphatic rings. The van der Waals surface area contributed by atoms with Crippen LogP contribution in [0.3, 0.4) is 0 Å². The summed E-state index contributed by atoms with van der Waals surface area (Å²) in [5.41, 5.74) is 0. The van der Waals surface area contributed by atoms with E-state index >= 15 is 0 Å². The number of carbonyl (C=O) groups excluding carboxylic acids is 1. The standard InChI is InChI=1S/C13H27NO3/c1-4-7-10-16-11-9-14-12(8-5-2)13(15)17-6-3/h12,14H,4-11H2,1-3H3. The Labute approximate surface area is 105 Å². The second-order valence-electron chi connectivity index (χ2n) is 4.01. The number of esters is 1. The quantitative estimate of drug-likeness (QED) is 0.447. The monoisotopic (exact) mass is 245 g/mol. The third-order valence-corrected chi connectivity index (χ3v) is 2.43. The highest BCUT2D eigenvalue weighted by atomic mass is 16.5. The molecular formula is C13H27NO3. The molecule has 4 nitrogen and oxygen atoms in total. The van der Waals surface area contributed by atoms with Crippen LogP contribution in [-0.4, -0.2) is 38.4 Å². The minimum Gasteiger partial charge on any atom is -0.465 e. The van der Waals surface area contributed by atoms with Crippen molar-refractivity contribution < 1.29 is 14.3 Å². The highest BCUT2D eigenvalue weighted by Crippen LogP contribution is 1.99. The third-order valence-electron chi connectivity index (χ3n) is 2.43. The Bertz CT molecular complexity index is 186. The van der Waals surface area contributed by atoms with E-state index in [0.717, 1.165) is 32.3 Å². The number of hydrogen-bond donors (Lipinski definition) is 1. The lowest BCUT2D eigenvalue weighted by atomic mass is 10.1. The highest BCUT2D eigenvalue weighted by Gasteiger charge is 2.17. The molecule has 0 aromatic heterocycles. The van der Waals surface area contributed by atoms with Gasteiger partial charge in [0.25, 0.3) is 0 Å². The number of ether oxygens (including phenoxy) is 2. The van der Waals surface area contributed by atoms with E-state index in [0.29, 0.717) is 19.8 Å². The van der Waals surface area contributed by atoms with Crippen LogP contribution >= 0.6 is 0 Å². The van der Waals surface area contributed by atoms with Gasteiger partial charge >= 0.3 is 5.97 Å². The zero-order valence-electron chi connectivity index (χ0n) is 11.5. The minimum atomic E-state index is -0.185. The van der Waals surface area contributed by atoms with E-state index in [9.17, 15) is 4.79 Å².